The first-order valence-corrected chi connectivity index (χ1v) is 9.55. The van der Waals surface area contributed by atoms with Gasteiger partial charge in [0.15, 0.2) is 11.5 Å². The first-order valence-electron chi connectivity index (χ1n) is 8.47. The summed E-state index contributed by atoms with van der Waals surface area (Å²) in [5.41, 5.74) is 1.99. The summed E-state index contributed by atoms with van der Waals surface area (Å²) in [4.78, 5) is 0. The lowest BCUT2D eigenvalue weighted by atomic mass is 10.0. The van der Waals surface area contributed by atoms with Gasteiger partial charge in [0.2, 0.25) is 5.95 Å². The fourth-order valence-electron chi connectivity index (χ4n) is 2.98. The van der Waals surface area contributed by atoms with E-state index in [4.69, 9.17) is 0 Å². The predicted octanol–water partition coefficient (Wildman–Crippen LogP) is 4.54. The Morgan fingerprint density at radius 1 is 0.967 bits per heavy atom. The van der Waals surface area contributed by atoms with Crippen LogP contribution in [0.25, 0.3) is 5.70 Å². The first kappa shape index (κ1) is 20.4. The van der Waals surface area contributed by atoms with E-state index in [1.807, 2.05) is 24.3 Å². The van der Waals surface area contributed by atoms with E-state index in [0.717, 1.165) is 15.2 Å². The number of hydrogen-bond donors (Lipinski definition) is 1. The summed E-state index contributed by atoms with van der Waals surface area (Å²) >= 11 is 2.19. The predicted molar refractivity (Wildman–Crippen MR) is 106 cm³/mol. The van der Waals surface area contributed by atoms with Crippen LogP contribution in [0.5, 0.6) is 11.5 Å². The zero-order valence-corrected chi connectivity index (χ0v) is 17.0. The number of nitrogens with zero attached hydrogens (tertiary/aromatic N) is 4. The molecule has 2 aromatic carbocycles. The van der Waals surface area contributed by atoms with Crippen molar-refractivity contribution in [2.75, 3.05) is 5.32 Å². The average Bonchev–Trinajstić information content (AvgIpc) is 3.17. The smallest absolute Gasteiger partial charge is 0.387 e. The summed E-state index contributed by atoms with van der Waals surface area (Å²) in [6.45, 7) is -6.40. The van der Waals surface area contributed by atoms with E-state index in [2.05, 4.69) is 52.9 Å². The molecule has 1 aliphatic heterocycles. The molecular weight excluding hydrogens is 521 g/mol. The fraction of sp³-hybridized carbons (Fsp3) is 0.167. The monoisotopic (exact) mass is 533 g/mol. The molecule has 0 fully saturated rings. The molecule has 0 radical (unpaired) electrons. The summed E-state index contributed by atoms with van der Waals surface area (Å²) in [6, 6.07) is 10.9. The third kappa shape index (κ3) is 4.32. The molecule has 0 bridgehead atoms. The van der Waals surface area contributed by atoms with Gasteiger partial charge in [0.05, 0.1) is 0 Å². The first-order chi connectivity index (χ1) is 14.4. The van der Waals surface area contributed by atoms with Crippen molar-refractivity contribution in [2.24, 2.45) is 0 Å². The molecule has 0 unspecified atom stereocenters. The van der Waals surface area contributed by atoms with Crippen LogP contribution in [0, 0.1) is 3.57 Å². The highest BCUT2D eigenvalue weighted by Crippen LogP contribution is 2.37. The Labute approximate surface area is 180 Å². The summed E-state index contributed by atoms with van der Waals surface area (Å²) in [6.07, 6.45) is 1.79. The number of fused-ring (bicyclic) bond motifs is 1. The van der Waals surface area contributed by atoms with Gasteiger partial charge in [0.1, 0.15) is 6.04 Å². The summed E-state index contributed by atoms with van der Waals surface area (Å²) in [7, 11) is 0. The highest BCUT2D eigenvalue weighted by molar-refractivity contribution is 14.1. The van der Waals surface area contributed by atoms with Gasteiger partial charge in [0.25, 0.3) is 0 Å². The fourth-order valence-corrected chi connectivity index (χ4v) is 3.34. The van der Waals surface area contributed by atoms with Gasteiger partial charge in [0, 0.05) is 9.27 Å². The molecule has 12 heteroatoms. The van der Waals surface area contributed by atoms with Crippen LogP contribution in [0.1, 0.15) is 17.2 Å². The Balaban J connectivity index is 1.76. The van der Waals surface area contributed by atoms with Gasteiger partial charge in [-0.1, -0.05) is 23.3 Å². The topological polar surface area (TPSA) is 74.1 Å². The van der Waals surface area contributed by atoms with Gasteiger partial charge in [-0.25, -0.2) is 0 Å². The number of aromatic nitrogens is 4. The molecule has 156 valence electrons. The Bertz CT molecular complexity index is 1070. The van der Waals surface area contributed by atoms with Crippen LogP contribution in [-0.4, -0.2) is 33.4 Å². The lowest BCUT2D eigenvalue weighted by Gasteiger charge is -2.24. The number of ether oxygens (including phenoxy) is 2. The molecule has 1 aromatic heterocycles. The second kappa shape index (κ2) is 8.45. The largest absolute Gasteiger partial charge is 0.431 e. The van der Waals surface area contributed by atoms with Gasteiger partial charge in [-0.2, -0.15) is 22.2 Å². The SMILES string of the molecule is FC(F)Oc1ccc([C@H]2C=C(c3ccc(I)cc3)Nc3nnnn32)cc1OC(F)F. The van der Waals surface area contributed by atoms with Gasteiger partial charge in [-0.3, -0.25) is 0 Å². The third-order valence-electron chi connectivity index (χ3n) is 4.22. The van der Waals surface area contributed by atoms with E-state index < -0.39 is 30.8 Å². The minimum atomic E-state index is -3.21. The molecule has 1 N–H and O–H groups in total. The van der Waals surface area contributed by atoms with E-state index in [1.54, 1.807) is 6.08 Å². The van der Waals surface area contributed by atoms with Gasteiger partial charge < -0.3 is 14.8 Å². The molecule has 0 saturated heterocycles. The Kier molecular flexibility index (Phi) is 5.74. The highest BCUT2D eigenvalue weighted by Gasteiger charge is 2.26. The summed E-state index contributed by atoms with van der Waals surface area (Å²) in [5, 5.41) is 14.6. The molecule has 2 heterocycles. The Hall–Kier alpha value is -2.90. The lowest BCUT2D eigenvalue weighted by Crippen LogP contribution is -2.20. The van der Waals surface area contributed by atoms with Crippen LogP contribution in [0.3, 0.4) is 0 Å². The van der Waals surface area contributed by atoms with Gasteiger partial charge >= 0.3 is 13.2 Å². The molecule has 3 aromatic rings. The quantitative estimate of drug-likeness (QED) is 0.371. The van der Waals surface area contributed by atoms with E-state index >= 15 is 0 Å². The minimum Gasteiger partial charge on any atom is -0.431 e. The standard InChI is InChI=1S/C18H12F4IN5O2/c19-16(20)29-14-6-3-10(7-15(14)30-17(21)22)13-8-12(9-1-4-11(23)5-2-9)24-18-25-26-27-28(13)18/h1-8,13,16-17H,(H,24,25,27)/t13-/m1/s1. The molecule has 1 aliphatic rings. The third-order valence-corrected chi connectivity index (χ3v) is 4.94. The lowest BCUT2D eigenvalue weighted by molar-refractivity contribution is -0.0692. The van der Waals surface area contributed by atoms with E-state index in [0.29, 0.717) is 17.2 Å². The van der Waals surface area contributed by atoms with Gasteiger partial charge in [-0.15, -0.1) is 0 Å². The van der Waals surface area contributed by atoms with Crippen molar-refractivity contribution in [1.29, 1.82) is 0 Å². The van der Waals surface area contributed by atoms with Crippen molar-refractivity contribution in [3.05, 3.63) is 63.2 Å². The van der Waals surface area contributed by atoms with E-state index in [9.17, 15) is 17.6 Å². The zero-order valence-electron chi connectivity index (χ0n) is 14.8. The number of nitrogens with one attached hydrogen (secondary N) is 1. The second-order valence-corrected chi connectivity index (χ2v) is 7.31. The van der Waals surface area contributed by atoms with Crippen LogP contribution in [0.2, 0.25) is 0 Å². The number of alkyl halides is 4. The molecular formula is C18H12F4IN5O2. The van der Waals surface area contributed by atoms with Crippen LogP contribution < -0.4 is 14.8 Å². The normalized spacial score (nSPS) is 15.6. The van der Waals surface area contributed by atoms with E-state index in [1.165, 1.54) is 16.8 Å². The maximum Gasteiger partial charge on any atom is 0.387 e. The maximum atomic E-state index is 12.8. The number of hydrogen-bond acceptors (Lipinski definition) is 6. The maximum absolute atomic E-state index is 12.8. The van der Waals surface area contributed by atoms with Crippen molar-refractivity contribution < 1.29 is 27.0 Å². The number of allylic oxidation sites excluding steroid dienone is 1. The second-order valence-electron chi connectivity index (χ2n) is 6.07. The number of benzene rings is 2. The Morgan fingerprint density at radius 2 is 1.67 bits per heavy atom. The minimum absolute atomic E-state index is 0.334. The van der Waals surface area contributed by atoms with Crippen molar-refractivity contribution in [3.63, 3.8) is 0 Å². The van der Waals surface area contributed by atoms with Crippen LogP contribution in [0.4, 0.5) is 23.5 Å². The van der Waals surface area contributed by atoms with Crippen molar-refractivity contribution >= 4 is 34.2 Å². The van der Waals surface area contributed by atoms with Crippen molar-refractivity contribution in [2.45, 2.75) is 19.3 Å². The zero-order chi connectivity index (χ0) is 21.3. The highest BCUT2D eigenvalue weighted by atomic mass is 127. The molecule has 0 amide bonds. The number of anilines is 1. The molecule has 4 rings (SSSR count). The average molecular weight is 533 g/mol. The summed E-state index contributed by atoms with van der Waals surface area (Å²) in [5.74, 6) is -0.679. The number of halogens is 5. The van der Waals surface area contributed by atoms with Crippen molar-refractivity contribution in [1.82, 2.24) is 20.2 Å². The molecule has 1 atom stereocenters. The Morgan fingerprint density at radius 3 is 2.37 bits per heavy atom. The molecule has 30 heavy (non-hydrogen) atoms. The molecule has 0 saturated carbocycles. The summed E-state index contributed by atoms with van der Waals surface area (Å²) < 4.78 is 61.9. The van der Waals surface area contributed by atoms with Crippen molar-refractivity contribution in [3.8, 4) is 11.5 Å². The van der Waals surface area contributed by atoms with E-state index in [-0.39, 0.29) is 0 Å². The number of rotatable bonds is 6. The van der Waals surface area contributed by atoms with Crippen LogP contribution in [0.15, 0.2) is 48.5 Å². The molecule has 7 nitrogen and oxygen atoms in total. The number of tetrazole rings is 1. The van der Waals surface area contributed by atoms with Crippen LogP contribution >= 0.6 is 22.6 Å². The van der Waals surface area contributed by atoms with Crippen LogP contribution in [-0.2, 0) is 0 Å². The van der Waals surface area contributed by atoms with Gasteiger partial charge in [-0.05, 0) is 74.5 Å². The molecule has 0 spiro atoms. The molecule has 0 aliphatic carbocycles.